The van der Waals surface area contributed by atoms with Crippen LogP contribution in [0, 0.1) is 10.8 Å². The smallest absolute Gasteiger partial charge is 0.225 e. The molecule has 0 aromatic heterocycles. The summed E-state index contributed by atoms with van der Waals surface area (Å²) in [5.41, 5.74) is 0.259. The first-order chi connectivity index (χ1) is 7.44. The van der Waals surface area contributed by atoms with Crippen LogP contribution < -0.4 is 10.6 Å². The molecule has 1 amide bonds. The third kappa shape index (κ3) is 2.40. The van der Waals surface area contributed by atoms with E-state index in [-0.39, 0.29) is 11.3 Å². The first-order valence-corrected chi connectivity index (χ1v) is 6.46. The first kappa shape index (κ1) is 11.9. The predicted molar refractivity (Wildman–Crippen MR) is 65.2 cm³/mol. The number of carbonyl (C=O) groups excluding carboxylic acids is 1. The average Bonchev–Trinajstić information content (AvgIpc) is 2.95. The van der Waals surface area contributed by atoms with Crippen LogP contribution in [-0.4, -0.2) is 25.0 Å². The molecule has 1 heterocycles. The molecule has 0 aromatic carbocycles. The zero-order valence-electron chi connectivity index (χ0n) is 10.7. The molecule has 2 fully saturated rings. The highest BCUT2D eigenvalue weighted by molar-refractivity contribution is 5.84. The van der Waals surface area contributed by atoms with Crippen molar-refractivity contribution in [1.82, 2.24) is 10.6 Å². The van der Waals surface area contributed by atoms with Crippen molar-refractivity contribution in [3.8, 4) is 0 Å². The van der Waals surface area contributed by atoms with Crippen molar-refractivity contribution < 1.29 is 4.79 Å². The molecule has 3 heteroatoms. The molecule has 92 valence electrons. The third-order valence-electron chi connectivity index (χ3n) is 4.35. The molecule has 1 atom stereocenters. The second-order valence-corrected chi connectivity index (χ2v) is 6.37. The van der Waals surface area contributed by atoms with Crippen molar-refractivity contribution in [1.29, 1.82) is 0 Å². The van der Waals surface area contributed by atoms with Crippen LogP contribution >= 0.6 is 0 Å². The van der Waals surface area contributed by atoms with Crippen LogP contribution in [0.4, 0.5) is 0 Å². The van der Waals surface area contributed by atoms with Crippen LogP contribution in [0.5, 0.6) is 0 Å². The molecule has 0 spiro atoms. The number of rotatable bonds is 3. The van der Waals surface area contributed by atoms with Gasteiger partial charge in [0.1, 0.15) is 0 Å². The topological polar surface area (TPSA) is 41.1 Å². The van der Waals surface area contributed by atoms with Crippen molar-refractivity contribution >= 4 is 5.91 Å². The molecule has 0 aromatic rings. The van der Waals surface area contributed by atoms with Gasteiger partial charge < -0.3 is 10.6 Å². The van der Waals surface area contributed by atoms with Crippen molar-refractivity contribution in [3.63, 3.8) is 0 Å². The van der Waals surface area contributed by atoms with Gasteiger partial charge in [0.15, 0.2) is 0 Å². The normalized spacial score (nSPS) is 30.8. The fourth-order valence-electron chi connectivity index (χ4n) is 2.44. The molecule has 2 aliphatic rings. The van der Waals surface area contributed by atoms with Gasteiger partial charge in [0.2, 0.25) is 5.91 Å². The van der Waals surface area contributed by atoms with E-state index in [0.717, 1.165) is 25.9 Å². The summed E-state index contributed by atoms with van der Waals surface area (Å²) in [7, 11) is 0. The van der Waals surface area contributed by atoms with E-state index in [1.54, 1.807) is 0 Å². The summed E-state index contributed by atoms with van der Waals surface area (Å²) in [5.74, 6) is 0.246. The zero-order valence-corrected chi connectivity index (χ0v) is 10.7. The summed E-state index contributed by atoms with van der Waals surface area (Å²) < 4.78 is 0. The van der Waals surface area contributed by atoms with Gasteiger partial charge in [0.05, 0.1) is 0 Å². The summed E-state index contributed by atoms with van der Waals surface area (Å²) in [5, 5.41) is 6.63. The molecule has 2 N–H and O–H groups in total. The molecule has 1 saturated heterocycles. The van der Waals surface area contributed by atoms with Crippen molar-refractivity contribution in [2.75, 3.05) is 13.1 Å². The summed E-state index contributed by atoms with van der Waals surface area (Å²) in [6.07, 6.45) is 4.60. The SMILES string of the molecule is CC1(C(=O)NCC2NCCCC2(C)C)CC1. The molecule has 1 unspecified atom stereocenters. The minimum Gasteiger partial charge on any atom is -0.354 e. The summed E-state index contributed by atoms with van der Waals surface area (Å²) in [6.45, 7) is 8.49. The molecular weight excluding hydrogens is 200 g/mol. The molecule has 1 aliphatic carbocycles. The van der Waals surface area contributed by atoms with E-state index in [4.69, 9.17) is 0 Å². The maximum absolute atomic E-state index is 11.8. The standard InChI is InChI=1S/C13H24N2O/c1-12(2)5-4-8-14-10(12)9-15-11(16)13(3)6-7-13/h10,14H,4-9H2,1-3H3,(H,15,16). The van der Waals surface area contributed by atoms with Gasteiger partial charge >= 0.3 is 0 Å². The van der Waals surface area contributed by atoms with Gasteiger partial charge in [-0.2, -0.15) is 0 Å². The molecular formula is C13H24N2O. The highest BCUT2D eigenvalue weighted by Crippen LogP contribution is 2.45. The van der Waals surface area contributed by atoms with E-state index in [0.29, 0.717) is 11.5 Å². The van der Waals surface area contributed by atoms with E-state index in [1.807, 2.05) is 0 Å². The number of carbonyl (C=O) groups is 1. The zero-order chi connectivity index (χ0) is 11.8. The predicted octanol–water partition coefficient (Wildman–Crippen LogP) is 1.68. The highest BCUT2D eigenvalue weighted by atomic mass is 16.2. The van der Waals surface area contributed by atoms with E-state index in [9.17, 15) is 4.79 Å². The van der Waals surface area contributed by atoms with Crippen LogP contribution in [0.2, 0.25) is 0 Å². The Bertz CT molecular complexity index is 282. The Labute approximate surface area is 98.4 Å². The van der Waals surface area contributed by atoms with Crippen molar-refractivity contribution in [2.45, 2.75) is 52.5 Å². The van der Waals surface area contributed by atoms with Gasteiger partial charge in [0.25, 0.3) is 0 Å². The summed E-state index contributed by atoms with van der Waals surface area (Å²) >= 11 is 0. The molecule has 0 radical (unpaired) electrons. The number of piperidine rings is 1. The van der Waals surface area contributed by atoms with E-state index in [1.165, 1.54) is 12.8 Å². The number of hydrogen-bond donors (Lipinski definition) is 2. The summed E-state index contributed by atoms with van der Waals surface area (Å²) in [6, 6.07) is 0.424. The number of amides is 1. The monoisotopic (exact) mass is 224 g/mol. The number of nitrogens with one attached hydrogen (secondary N) is 2. The Kier molecular flexibility index (Phi) is 2.99. The fourth-order valence-corrected chi connectivity index (χ4v) is 2.44. The average molecular weight is 224 g/mol. The van der Waals surface area contributed by atoms with Crippen molar-refractivity contribution in [3.05, 3.63) is 0 Å². The lowest BCUT2D eigenvalue weighted by molar-refractivity contribution is -0.126. The maximum Gasteiger partial charge on any atom is 0.225 e. The van der Waals surface area contributed by atoms with Gasteiger partial charge in [-0.3, -0.25) is 4.79 Å². The van der Waals surface area contributed by atoms with Crippen LogP contribution in [0.25, 0.3) is 0 Å². The lowest BCUT2D eigenvalue weighted by atomic mass is 9.77. The molecule has 1 saturated carbocycles. The van der Waals surface area contributed by atoms with Crippen LogP contribution in [-0.2, 0) is 4.79 Å². The highest BCUT2D eigenvalue weighted by Gasteiger charge is 2.45. The second kappa shape index (κ2) is 4.02. The van der Waals surface area contributed by atoms with Gasteiger partial charge in [-0.05, 0) is 37.6 Å². The minimum atomic E-state index is -0.0428. The Morgan fingerprint density at radius 3 is 2.56 bits per heavy atom. The first-order valence-electron chi connectivity index (χ1n) is 6.46. The van der Waals surface area contributed by atoms with Gasteiger partial charge in [0, 0.05) is 18.0 Å². The molecule has 3 nitrogen and oxygen atoms in total. The van der Waals surface area contributed by atoms with Crippen molar-refractivity contribution in [2.24, 2.45) is 10.8 Å². The Balaban J connectivity index is 1.82. The van der Waals surface area contributed by atoms with Gasteiger partial charge in [-0.15, -0.1) is 0 Å². The second-order valence-electron chi connectivity index (χ2n) is 6.37. The van der Waals surface area contributed by atoms with E-state index in [2.05, 4.69) is 31.4 Å². The lowest BCUT2D eigenvalue weighted by Gasteiger charge is -2.39. The maximum atomic E-state index is 11.8. The molecule has 0 bridgehead atoms. The fraction of sp³-hybridized carbons (Fsp3) is 0.923. The Morgan fingerprint density at radius 2 is 2.00 bits per heavy atom. The van der Waals surface area contributed by atoms with Crippen LogP contribution in [0.3, 0.4) is 0 Å². The third-order valence-corrected chi connectivity index (χ3v) is 4.35. The van der Waals surface area contributed by atoms with Gasteiger partial charge in [-0.1, -0.05) is 20.8 Å². The van der Waals surface area contributed by atoms with E-state index >= 15 is 0 Å². The lowest BCUT2D eigenvalue weighted by Crippen LogP contribution is -2.53. The Hall–Kier alpha value is -0.570. The molecule has 16 heavy (non-hydrogen) atoms. The number of hydrogen-bond acceptors (Lipinski definition) is 2. The molecule has 2 rings (SSSR count). The van der Waals surface area contributed by atoms with Gasteiger partial charge in [-0.25, -0.2) is 0 Å². The minimum absolute atomic E-state index is 0.0428. The van der Waals surface area contributed by atoms with Crippen LogP contribution in [0.1, 0.15) is 46.5 Å². The molecule has 1 aliphatic heterocycles. The largest absolute Gasteiger partial charge is 0.354 e. The van der Waals surface area contributed by atoms with E-state index < -0.39 is 0 Å². The quantitative estimate of drug-likeness (QED) is 0.766. The Morgan fingerprint density at radius 1 is 1.31 bits per heavy atom. The summed E-state index contributed by atoms with van der Waals surface area (Å²) in [4.78, 5) is 11.8. The van der Waals surface area contributed by atoms with Crippen LogP contribution in [0.15, 0.2) is 0 Å².